The number of rotatable bonds is 8. The third-order valence-corrected chi connectivity index (χ3v) is 4.15. The maximum absolute atomic E-state index is 11.2. The van der Waals surface area contributed by atoms with Gasteiger partial charge in [-0.1, -0.05) is 13.3 Å². The highest BCUT2D eigenvalue weighted by Gasteiger charge is 2.54. The minimum Gasteiger partial charge on any atom is -0.424 e. The largest absolute Gasteiger partial charge is 0.509 e. The van der Waals surface area contributed by atoms with E-state index in [1.54, 1.807) is 0 Å². The van der Waals surface area contributed by atoms with Crippen molar-refractivity contribution in [2.24, 2.45) is 0 Å². The van der Waals surface area contributed by atoms with Gasteiger partial charge in [0.25, 0.3) is 0 Å². The summed E-state index contributed by atoms with van der Waals surface area (Å²) in [5.41, 5.74) is 0. The highest BCUT2D eigenvalue weighted by molar-refractivity contribution is 7.84. The van der Waals surface area contributed by atoms with Crippen molar-refractivity contribution >= 4 is 16.5 Å². The van der Waals surface area contributed by atoms with E-state index in [-0.39, 0.29) is 6.54 Å². The Balaban J connectivity index is 1.94. The molecule has 0 aromatic heterocycles. The normalized spacial score (nSPS) is 31.8. The quantitative estimate of drug-likeness (QED) is 0.487. The van der Waals surface area contributed by atoms with Crippen LogP contribution < -0.4 is 4.72 Å². The highest BCUT2D eigenvalue weighted by Crippen LogP contribution is 2.32. The molecule has 9 nitrogen and oxygen atoms in total. The molecule has 2 aliphatic heterocycles. The minimum absolute atomic E-state index is 0.110. The van der Waals surface area contributed by atoms with Crippen LogP contribution in [0.15, 0.2) is 0 Å². The van der Waals surface area contributed by atoms with Gasteiger partial charge in [-0.25, -0.2) is 4.79 Å². The van der Waals surface area contributed by atoms with Crippen LogP contribution in [0.3, 0.4) is 0 Å². The van der Waals surface area contributed by atoms with Gasteiger partial charge < -0.3 is 18.9 Å². The Bertz CT molecular complexity index is 467. The molecule has 1 N–H and O–H groups in total. The van der Waals surface area contributed by atoms with Gasteiger partial charge in [-0.15, -0.1) is 0 Å². The van der Waals surface area contributed by atoms with Crippen LogP contribution >= 0.6 is 0 Å². The van der Waals surface area contributed by atoms with Crippen LogP contribution in [-0.4, -0.2) is 59.4 Å². The summed E-state index contributed by atoms with van der Waals surface area (Å²) >= 11 is 0. The lowest BCUT2D eigenvalue weighted by molar-refractivity contribution is -0.166. The summed E-state index contributed by atoms with van der Waals surface area (Å²) in [6.07, 6.45) is -1.86. The van der Waals surface area contributed by atoms with Crippen LogP contribution in [-0.2, 0) is 33.4 Å². The van der Waals surface area contributed by atoms with Gasteiger partial charge >= 0.3 is 16.5 Å². The van der Waals surface area contributed by atoms with Gasteiger partial charge in [0.05, 0.1) is 7.11 Å². The summed E-state index contributed by atoms with van der Waals surface area (Å²) in [5, 5.41) is 0. The summed E-state index contributed by atoms with van der Waals surface area (Å²) in [4.78, 5) is 11.2. The van der Waals surface area contributed by atoms with Crippen LogP contribution in [0.5, 0.6) is 0 Å². The molecule has 0 unspecified atom stereocenters. The maximum Gasteiger partial charge on any atom is 0.509 e. The predicted octanol–water partition coefficient (Wildman–Crippen LogP) is -0.0872. The van der Waals surface area contributed by atoms with Crippen LogP contribution in [0.2, 0.25) is 0 Å². The average Bonchev–Trinajstić information content (AvgIpc) is 2.96. The van der Waals surface area contributed by atoms with Gasteiger partial charge in [-0.2, -0.15) is 13.1 Å². The smallest absolute Gasteiger partial charge is 0.424 e. The second kappa shape index (κ2) is 6.88. The van der Waals surface area contributed by atoms with Crippen molar-refractivity contribution in [2.45, 2.75) is 44.4 Å². The molecule has 0 saturated carbocycles. The Hall–Kier alpha value is -0.940. The van der Waals surface area contributed by atoms with Crippen molar-refractivity contribution in [1.29, 1.82) is 0 Å². The first kappa shape index (κ1) is 16.4. The fourth-order valence-electron chi connectivity index (χ4n) is 2.09. The molecule has 0 radical (unpaired) electrons. The molecule has 0 spiro atoms. The molecule has 0 aromatic carbocycles. The van der Waals surface area contributed by atoms with Gasteiger partial charge in [0.1, 0.15) is 6.10 Å². The number of carbonyl (C=O) groups excluding carboxylic acids is 1. The number of ether oxygens (including phenoxy) is 4. The molecule has 0 bridgehead atoms. The van der Waals surface area contributed by atoms with Crippen LogP contribution in [0.1, 0.15) is 19.8 Å². The molecule has 2 rings (SSSR count). The molecule has 2 heterocycles. The fraction of sp³-hybridized carbons (Fsp3) is 0.909. The standard InChI is InChI=1S/C11H19NO8S/c1-3-4-5-17-10-9-8(19-11(13)20-9)7(18-10)6-12-21(14,15)16-2/h7-10,12H,3-6H2,1-2H3/t7-,8-,9-,10-/m1/s1. The van der Waals surface area contributed by atoms with Crippen molar-refractivity contribution in [3.8, 4) is 0 Å². The molecular formula is C11H19NO8S. The molecule has 0 amide bonds. The Morgan fingerprint density at radius 1 is 1.29 bits per heavy atom. The molecule has 2 aliphatic rings. The van der Waals surface area contributed by atoms with Crippen molar-refractivity contribution in [1.82, 2.24) is 4.72 Å². The number of hydrogen-bond acceptors (Lipinski definition) is 8. The third-order valence-electron chi connectivity index (χ3n) is 3.19. The van der Waals surface area contributed by atoms with E-state index in [0.717, 1.165) is 20.0 Å². The molecule has 0 aliphatic carbocycles. The van der Waals surface area contributed by atoms with E-state index in [1.807, 2.05) is 6.92 Å². The number of hydrogen-bond donors (Lipinski definition) is 1. The molecule has 2 saturated heterocycles. The topological polar surface area (TPSA) is 109 Å². The summed E-state index contributed by atoms with van der Waals surface area (Å²) < 4.78 is 50.0. The third kappa shape index (κ3) is 4.04. The predicted molar refractivity (Wildman–Crippen MR) is 68.6 cm³/mol. The molecule has 2 fully saturated rings. The van der Waals surface area contributed by atoms with Crippen LogP contribution in [0.4, 0.5) is 4.79 Å². The number of carbonyl (C=O) groups is 1. The zero-order valence-electron chi connectivity index (χ0n) is 11.8. The zero-order valence-corrected chi connectivity index (χ0v) is 12.6. The first-order valence-electron chi connectivity index (χ1n) is 6.66. The molecule has 0 aromatic rings. The van der Waals surface area contributed by atoms with Gasteiger partial charge in [-0.05, 0) is 6.42 Å². The zero-order chi connectivity index (χ0) is 15.5. The lowest BCUT2D eigenvalue weighted by atomic mass is 10.1. The van der Waals surface area contributed by atoms with Crippen molar-refractivity contribution in [3.63, 3.8) is 0 Å². The van der Waals surface area contributed by atoms with Gasteiger partial charge in [-0.3, -0.25) is 4.18 Å². The Kier molecular flexibility index (Phi) is 5.38. The molecule has 4 atom stereocenters. The SMILES string of the molecule is CCCCO[C@@H]1O[C@H](CNS(=O)(=O)OC)[C@H]2OC(=O)O[C@@H]12. The lowest BCUT2D eigenvalue weighted by Crippen LogP contribution is -2.39. The second-order valence-electron chi connectivity index (χ2n) is 4.65. The molecule has 10 heteroatoms. The van der Waals surface area contributed by atoms with Gasteiger partial charge in [0.15, 0.2) is 18.5 Å². The van der Waals surface area contributed by atoms with E-state index in [2.05, 4.69) is 8.91 Å². The molecule has 122 valence electrons. The van der Waals surface area contributed by atoms with Crippen molar-refractivity contribution in [3.05, 3.63) is 0 Å². The van der Waals surface area contributed by atoms with E-state index in [9.17, 15) is 13.2 Å². The summed E-state index contributed by atoms with van der Waals surface area (Å²) in [5.74, 6) is 0. The minimum atomic E-state index is -3.84. The van der Waals surface area contributed by atoms with E-state index < -0.39 is 41.1 Å². The van der Waals surface area contributed by atoms with Crippen LogP contribution in [0, 0.1) is 0 Å². The Morgan fingerprint density at radius 2 is 2.00 bits per heavy atom. The van der Waals surface area contributed by atoms with Gasteiger partial charge in [0, 0.05) is 13.2 Å². The highest BCUT2D eigenvalue weighted by atomic mass is 32.2. The first-order valence-corrected chi connectivity index (χ1v) is 8.07. The van der Waals surface area contributed by atoms with Crippen LogP contribution in [0.25, 0.3) is 0 Å². The molecular weight excluding hydrogens is 306 g/mol. The fourth-order valence-corrected chi connectivity index (χ4v) is 2.58. The maximum atomic E-state index is 11.2. The number of fused-ring (bicyclic) bond motifs is 1. The van der Waals surface area contributed by atoms with E-state index in [0.29, 0.717) is 6.61 Å². The van der Waals surface area contributed by atoms with Gasteiger partial charge in [0.2, 0.25) is 0 Å². The Morgan fingerprint density at radius 3 is 2.67 bits per heavy atom. The summed E-state index contributed by atoms with van der Waals surface area (Å²) in [7, 11) is -2.80. The number of unbranched alkanes of at least 4 members (excludes halogenated alkanes) is 1. The van der Waals surface area contributed by atoms with Crippen molar-refractivity contribution < 1.29 is 36.3 Å². The van der Waals surface area contributed by atoms with E-state index in [1.165, 1.54) is 0 Å². The Labute approximate surface area is 123 Å². The monoisotopic (exact) mass is 325 g/mol. The lowest BCUT2D eigenvalue weighted by Gasteiger charge is -2.17. The van der Waals surface area contributed by atoms with E-state index in [4.69, 9.17) is 18.9 Å². The second-order valence-corrected chi connectivity index (χ2v) is 6.18. The molecule has 21 heavy (non-hydrogen) atoms. The summed E-state index contributed by atoms with van der Waals surface area (Å²) in [6, 6.07) is 0. The average molecular weight is 325 g/mol. The number of nitrogens with one attached hydrogen (secondary N) is 1. The van der Waals surface area contributed by atoms with Crippen molar-refractivity contribution in [2.75, 3.05) is 20.3 Å². The first-order chi connectivity index (χ1) is 9.96. The summed E-state index contributed by atoms with van der Waals surface area (Å²) in [6.45, 7) is 2.36. The van der Waals surface area contributed by atoms with E-state index >= 15 is 0 Å².